The molecular formula is C18H17ClFN3O4S. The third-order valence-corrected chi connectivity index (χ3v) is 7.08. The van der Waals surface area contributed by atoms with Crippen LogP contribution in [0.15, 0.2) is 41.3 Å². The van der Waals surface area contributed by atoms with Crippen LogP contribution in [0.25, 0.3) is 0 Å². The minimum absolute atomic E-state index is 0.00100. The Hall–Kier alpha value is -2.36. The van der Waals surface area contributed by atoms with Crippen LogP contribution < -0.4 is 15.0 Å². The van der Waals surface area contributed by atoms with Gasteiger partial charge in [0.05, 0.1) is 16.4 Å². The largest absolute Gasteiger partial charge is 0.482 e. The van der Waals surface area contributed by atoms with Crippen LogP contribution in [0.5, 0.6) is 5.75 Å². The van der Waals surface area contributed by atoms with Crippen LogP contribution in [0, 0.1) is 5.82 Å². The molecule has 2 aliphatic heterocycles. The molecule has 10 heteroatoms. The number of sulfonamides is 1. The Bertz CT molecular complexity index is 1040. The Morgan fingerprint density at radius 2 is 1.82 bits per heavy atom. The summed E-state index contributed by atoms with van der Waals surface area (Å²) in [6.45, 7) is 0.920. The number of anilines is 2. The van der Waals surface area contributed by atoms with Gasteiger partial charge in [-0.25, -0.2) is 12.8 Å². The second kappa shape index (κ2) is 7.23. The molecule has 1 fully saturated rings. The molecule has 2 aromatic carbocycles. The van der Waals surface area contributed by atoms with Gasteiger partial charge in [-0.05, 0) is 18.2 Å². The average molecular weight is 426 g/mol. The van der Waals surface area contributed by atoms with Crippen LogP contribution in [-0.2, 0) is 14.8 Å². The summed E-state index contributed by atoms with van der Waals surface area (Å²) in [4.78, 5) is 13.1. The zero-order chi connectivity index (χ0) is 19.9. The Labute approximate surface area is 166 Å². The lowest BCUT2D eigenvalue weighted by atomic mass is 10.2. The standard InChI is InChI=1S/C18H17ClFN3O4S/c19-12-9-14-16(27-11-18(24)21-14)10-17(12)28(25,26)23-7-5-22(6-8-23)15-4-2-1-3-13(15)20/h1-4,9-10H,5-8,11H2,(H,21,24). The van der Waals surface area contributed by atoms with Gasteiger partial charge in [-0.1, -0.05) is 23.7 Å². The van der Waals surface area contributed by atoms with Crippen molar-refractivity contribution in [3.8, 4) is 5.75 Å². The van der Waals surface area contributed by atoms with Crippen LogP contribution in [0.1, 0.15) is 0 Å². The van der Waals surface area contributed by atoms with Crippen molar-refractivity contribution in [3.05, 3.63) is 47.2 Å². The summed E-state index contributed by atoms with van der Waals surface area (Å²) in [5.74, 6) is -0.410. The number of fused-ring (bicyclic) bond motifs is 1. The third kappa shape index (κ3) is 3.41. The van der Waals surface area contributed by atoms with Gasteiger partial charge in [0.1, 0.15) is 16.5 Å². The predicted molar refractivity (Wildman–Crippen MR) is 103 cm³/mol. The summed E-state index contributed by atoms with van der Waals surface area (Å²) in [7, 11) is -3.87. The number of hydrogen-bond acceptors (Lipinski definition) is 5. The number of amides is 1. The van der Waals surface area contributed by atoms with Gasteiger partial charge in [0.15, 0.2) is 6.61 Å². The lowest BCUT2D eigenvalue weighted by molar-refractivity contribution is -0.118. The highest BCUT2D eigenvalue weighted by Gasteiger charge is 2.32. The molecule has 0 aromatic heterocycles. The van der Waals surface area contributed by atoms with Gasteiger partial charge in [-0.3, -0.25) is 4.79 Å². The molecule has 0 atom stereocenters. The molecule has 0 radical (unpaired) electrons. The first-order chi connectivity index (χ1) is 13.4. The molecule has 4 rings (SSSR count). The average Bonchev–Trinajstić information content (AvgIpc) is 2.68. The van der Waals surface area contributed by atoms with Gasteiger partial charge < -0.3 is 15.0 Å². The highest BCUT2D eigenvalue weighted by Crippen LogP contribution is 2.37. The van der Waals surface area contributed by atoms with Crippen molar-refractivity contribution in [1.82, 2.24) is 4.31 Å². The smallest absolute Gasteiger partial charge is 0.262 e. The number of piperazine rings is 1. The summed E-state index contributed by atoms with van der Waals surface area (Å²) in [6.07, 6.45) is 0. The van der Waals surface area contributed by atoms with Crippen molar-refractivity contribution in [1.29, 1.82) is 0 Å². The Morgan fingerprint density at radius 3 is 2.54 bits per heavy atom. The number of halogens is 2. The first-order valence-corrected chi connectivity index (χ1v) is 10.4. The molecule has 2 aromatic rings. The molecule has 148 valence electrons. The zero-order valence-electron chi connectivity index (χ0n) is 14.7. The van der Waals surface area contributed by atoms with Crippen molar-refractivity contribution in [2.24, 2.45) is 0 Å². The number of para-hydroxylation sites is 1. The summed E-state index contributed by atoms with van der Waals surface area (Å²) in [5.41, 5.74) is 0.792. The first-order valence-electron chi connectivity index (χ1n) is 8.62. The molecule has 2 aliphatic rings. The fraction of sp³-hybridized carbons (Fsp3) is 0.278. The molecule has 0 saturated carbocycles. The minimum Gasteiger partial charge on any atom is -0.482 e. The van der Waals surface area contributed by atoms with Crippen molar-refractivity contribution in [2.45, 2.75) is 4.90 Å². The van der Waals surface area contributed by atoms with Crippen LogP contribution in [0.4, 0.5) is 15.8 Å². The maximum Gasteiger partial charge on any atom is 0.262 e. The molecule has 1 N–H and O–H groups in total. The monoisotopic (exact) mass is 425 g/mol. The van der Waals surface area contributed by atoms with E-state index in [4.69, 9.17) is 16.3 Å². The first kappa shape index (κ1) is 19.0. The number of nitrogens with zero attached hydrogens (tertiary/aromatic N) is 2. The lowest BCUT2D eigenvalue weighted by Crippen LogP contribution is -2.49. The van der Waals surface area contributed by atoms with E-state index in [2.05, 4.69) is 5.32 Å². The quantitative estimate of drug-likeness (QED) is 0.816. The van der Waals surface area contributed by atoms with E-state index in [-0.39, 0.29) is 47.1 Å². The van der Waals surface area contributed by atoms with Gasteiger partial charge in [0.2, 0.25) is 10.0 Å². The van der Waals surface area contributed by atoms with Gasteiger partial charge in [-0.2, -0.15) is 4.31 Å². The van der Waals surface area contributed by atoms with Crippen molar-refractivity contribution < 1.29 is 22.3 Å². The van der Waals surface area contributed by atoms with E-state index in [1.165, 1.54) is 22.5 Å². The molecule has 2 heterocycles. The second-order valence-electron chi connectivity index (χ2n) is 6.46. The maximum atomic E-state index is 14.0. The topological polar surface area (TPSA) is 79.0 Å². The van der Waals surface area contributed by atoms with Crippen molar-refractivity contribution in [2.75, 3.05) is 43.0 Å². The zero-order valence-corrected chi connectivity index (χ0v) is 16.3. The highest BCUT2D eigenvalue weighted by molar-refractivity contribution is 7.89. The van der Waals surface area contributed by atoms with Crippen LogP contribution in [0.2, 0.25) is 5.02 Å². The van der Waals surface area contributed by atoms with Crippen molar-refractivity contribution in [3.63, 3.8) is 0 Å². The fourth-order valence-corrected chi connectivity index (χ4v) is 5.24. The molecule has 0 unspecified atom stereocenters. The number of nitrogens with one attached hydrogen (secondary N) is 1. The number of hydrogen-bond donors (Lipinski definition) is 1. The van der Waals surface area contributed by atoms with Gasteiger partial charge in [0, 0.05) is 32.2 Å². The Morgan fingerprint density at radius 1 is 1.11 bits per heavy atom. The molecule has 7 nitrogen and oxygen atoms in total. The van der Waals surface area contributed by atoms with E-state index in [1.54, 1.807) is 18.2 Å². The molecule has 1 saturated heterocycles. The minimum atomic E-state index is -3.87. The number of rotatable bonds is 3. The lowest BCUT2D eigenvalue weighted by Gasteiger charge is -2.35. The van der Waals surface area contributed by atoms with Gasteiger partial charge >= 0.3 is 0 Å². The van der Waals surface area contributed by atoms with Gasteiger partial charge in [-0.15, -0.1) is 0 Å². The van der Waals surface area contributed by atoms with E-state index in [0.29, 0.717) is 24.5 Å². The predicted octanol–water partition coefficient (Wildman–Crippen LogP) is 2.32. The van der Waals surface area contributed by atoms with E-state index in [1.807, 2.05) is 4.90 Å². The summed E-state index contributed by atoms with van der Waals surface area (Å²) in [5, 5.41) is 2.59. The van der Waals surface area contributed by atoms with E-state index in [0.717, 1.165) is 0 Å². The van der Waals surface area contributed by atoms with E-state index >= 15 is 0 Å². The number of ether oxygens (including phenoxy) is 1. The number of carbonyl (C=O) groups is 1. The molecule has 0 spiro atoms. The summed E-state index contributed by atoms with van der Waals surface area (Å²) < 4.78 is 46.7. The van der Waals surface area contributed by atoms with Crippen LogP contribution in [0.3, 0.4) is 0 Å². The van der Waals surface area contributed by atoms with Gasteiger partial charge in [0.25, 0.3) is 5.91 Å². The molecule has 28 heavy (non-hydrogen) atoms. The normalized spacial score (nSPS) is 17.6. The Balaban J connectivity index is 1.55. The summed E-state index contributed by atoms with van der Waals surface area (Å²) >= 11 is 6.19. The van der Waals surface area contributed by atoms with Crippen molar-refractivity contribution >= 4 is 38.9 Å². The maximum absolute atomic E-state index is 14.0. The highest BCUT2D eigenvalue weighted by atomic mass is 35.5. The van der Waals surface area contributed by atoms with E-state index < -0.39 is 10.0 Å². The summed E-state index contributed by atoms with van der Waals surface area (Å²) in [6, 6.07) is 9.11. The molecule has 1 amide bonds. The molecular weight excluding hydrogens is 409 g/mol. The molecule has 0 aliphatic carbocycles. The molecule has 0 bridgehead atoms. The Kier molecular flexibility index (Phi) is 4.90. The SMILES string of the molecule is O=C1COc2cc(S(=O)(=O)N3CCN(c4ccccc4F)CC3)c(Cl)cc2N1. The van der Waals surface area contributed by atoms with E-state index in [9.17, 15) is 17.6 Å². The fourth-order valence-electron chi connectivity index (χ4n) is 3.30. The van der Waals surface area contributed by atoms with Crippen LogP contribution >= 0.6 is 11.6 Å². The number of benzene rings is 2. The third-order valence-electron chi connectivity index (χ3n) is 4.72. The number of carbonyl (C=O) groups excluding carboxylic acids is 1. The van der Waals surface area contributed by atoms with Crippen LogP contribution in [-0.4, -0.2) is 51.4 Å². The second-order valence-corrected chi connectivity index (χ2v) is 8.77.